The number of aliphatic hydroxyl groups is 2. The molecule has 3 aliphatic rings. The molecule has 5 unspecified atom stereocenters. The molecule has 158 valence electrons. The first-order valence-corrected chi connectivity index (χ1v) is 10.2. The summed E-state index contributed by atoms with van der Waals surface area (Å²) in [5.74, 6) is -1.96. The van der Waals surface area contributed by atoms with Gasteiger partial charge in [-0.15, -0.1) is 0 Å². The Hall–Kier alpha value is -1.47. The van der Waals surface area contributed by atoms with Crippen LogP contribution < -0.4 is 0 Å². The molecule has 1 saturated heterocycles. The van der Waals surface area contributed by atoms with Crippen LogP contribution in [-0.2, 0) is 9.53 Å². The molecule has 1 aliphatic heterocycles. The fourth-order valence-corrected chi connectivity index (χ4v) is 4.80. The number of aliphatic hydroxyl groups excluding tert-OH is 1. The number of hydrogen-bond donors (Lipinski definition) is 3. The van der Waals surface area contributed by atoms with Crippen LogP contribution >= 0.6 is 0 Å². The van der Waals surface area contributed by atoms with E-state index in [1.165, 1.54) is 12.2 Å². The molecule has 28 heavy (non-hydrogen) atoms. The second kappa shape index (κ2) is 8.11. The third kappa shape index (κ3) is 4.10. The minimum atomic E-state index is -1.68. The van der Waals surface area contributed by atoms with Gasteiger partial charge in [-0.05, 0) is 25.7 Å². The van der Waals surface area contributed by atoms with E-state index in [2.05, 4.69) is 0 Å². The van der Waals surface area contributed by atoms with E-state index in [0.717, 1.165) is 19.3 Å². The largest absolute Gasteiger partial charge is 0.491 e. The van der Waals surface area contributed by atoms with Crippen molar-refractivity contribution in [3.63, 3.8) is 0 Å². The van der Waals surface area contributed by atoms with Crippen LogP contribution in [0.2, 0.25) is 0 Å². The van der Waals surface area contributed by atoms with E-state index in [-0.39, 0.29) is 30.6 Å². The van der Waals surface area contributed by atoms with E-state index in [0.29, 0.717) is 19.3 Å². The SMILES string of the molecule is CCC/C(C(=O)O)=C1\OC2CC(O)(/C=C/C(O)C3(F)CCCCC3)CC2C1F. The average Bonchev–Trinajstić information content (AvgIpc) is 3.12. The summed E-state index contributed by atoms with van der Waals surface area (Å²) in [4.78, 5) is 11.4. The number of carboxylic acids is 1. The summed E-state index contributed by atoms with van der Waals surface area (Å²) < 4.78 is 35.3. The number of allylic oxidation sites excluding steroid dienone is 1. The van der Waals surface area contributed by atoms with Gasteiger partial charge in [-0.1, -0.05) is 44.8 Å². The Kier molecular flexibility index (Phi) is 6.15. The van der Waals surface area contributed by atoms with E-state index < -0.39 is 41.5 Å². The molecule has 3 rings (SSSR count). The highest BCUT2D eigenvalue weighted by Crippen LogP contribution is 2.49. The van der Waals surface area contributed by atoms with Crippen LogP contribution in [0.3, 0.4) is 0 Å². The van der Waals surface area contributed by atoms with Gasteiger partial charge >= 0.3 is 5.97 Å². The first-order chi connectivity index (χ1) is 13.2. The van der Waals surface area contributed by atoms with Gasteiger partial charge in [0.15, 0.2) is 6.17 Å². The van der Waals surface area contributed by atoms with Gasteiger partial charge in [-0.2, -0.15) is 0 Å². The summed E-state index contributed by atoms with van der Waals surface area (Å²) in [6.07, 6.45) is 3.05. The van der Waals surface area contributed by atoms with Crippen molar-refractivity contribution >= 4 is 5.97 Å². The molecule has 2 saturated carbocycles. The van der Waals surface area contributed by atoms with Crippen LogP contribution in [0.15, 0.2) is 23.5 Å². The Bertz CT molecular complexity index is 655. The number of alkyl halides is 2. The predicted octanol–water partition coefficient (Wildman–Crippen LogP) is 3.59. The first-order valence-electron chi connectivity index (χ1n) is 10.2. The number of aliphatic carboxylic acids is 1. The van der Waals surface area contributed by atoms with Gasteiger partial charge < -0.3 is 20.1 Å². The summed E-state index contributed by atoms with van der Waals surface area (Å²) in [5.41, 5.74) is -3.12. The number of rotatable bonds is 6. The molecular weight excluding hydrogens is 370 g/mol. The van der Waals surface area contributed by atoms with E-state index in [1.807, 2.05) is 6.92 Å². The molecule has 1 heterocycles. The van der Waals surface area contributed by atoms with Gasteiger partial charge in [-0.25, -0.2) is 13.6 Å². The van der Waals surface area contributed by atoms with Gasteiger partial charge in [0.1, 0.15) is 23.6 Å². The second-order valence-corrected chi connectivity index (χ2v) is 8.53. The minimum absolute atomic E-state index is 0.0455. The molecule has 5 nitrogen and oxygen atoms in total. The van der Waals surface area contributed by atoms with Crippen molar-refractivity contribution in [1.82, 2.24) is 0 Å². The summed E-state index contributed by atoms with van der Waals surface area (Å²) in [6.45, 7) is 1.81. The van der Waals surface area contributed by atoms with Crippen molar-refractivity contribution < 1.29 is 33.6 Å². The molecule has 0 spiro atoms. The van der Waals surface area contributed by atoms with Crippen molar-refractivity contribution in [2.24, 2.45) is 5.92 Å². The smallest absolute Gasteiger partial charge is 0.335 e. The van der Waals surface area contributed by atoms with Gasteiger partial charge in [0, 0.05) is 12.3 Å². The molecule has 3 fully saturated rings. The number of halogens is 2. The highest BCUT2D eigenvalue weighted by Gasteiger charge is 2.54. The van der Waals surface area contributed by atoms with E-state index in [4.69, 9.17) is 4.74 Å². The number of carboxylic acid groups (broad SMARTS) is 1. The van der Waals surface area contributed by atoms with Crippen LogP contribution in [0.4, 0.5) is 8.78 Å². The quantitative estimate of drug-likeness (QED) is 0.469. The summed E-state index contributed by atoms with van der Waals surface area (Å²) in [5, 5.41) is 30.3. The lowest BCUT2D eigenvalue weighted by atomic mass is 9.81. The lowest BCUT2D eigenvalue weighted by Crippen LogP contribution is -2.39. The molecule has 0 bridgehead atoms. The predicted molar refractivity (Wildman–Crippen MR) is 99.1 cm³/mol. The van der Waals surface area contributed by atoms with Crippen LogP contribution in [0.25, 0.3) is 0 Å². The average molecular weight is 400 g/mol. The maximum Gasteiger partial charge on any atom is 0.335 e. The summed E-state index contributed by atoms with van der Waals surface area (Å²) in [7, 11) is 0. The van der Waals surface area contributed by atoms with Crippen LogP contribution in [0, 0.1) is 5.92 Å². The normalized spacial score (nSPS) is 37.5. The zero-order valence-corrected chi connectivity index (χ0v) is 16.2. The molecule has 0 aromatic carbocycles. The Labute approximate surface area is 164 Å². The Morgan fingerprint density at radius 2 is 2.00 bits per heavy atom. The fraction of sp³-hybridized carbons (Fsp3) is 0.762. The number of carbonyl (C=O) groups is 1. The maximum absolute atomic E-state index is 14.9. The molecule has 7 heteroatoms. The van der Waals surface area contributed by atoms with Crippen molar-refractivity contribution in [3.8, 4) is 0 Å². The Balaban J connectivity index is 1.69. The standard InChI is InChI=1S/C21H30F2O5/c1-2-6-13(19(25)26)18-17(22)14-11-20(27,12-15(14)28-18)10-7-16(24)21(23)8-4-3-5-9-21/h7,10,14-17,24,27H,2-6,8-9,11-12H2,1H3,(H,25,26)/b10-7+,18-13+. The third-order valence-corrected chi connectivity index (χ3v) is 6.39. The molecule has 2 aliphatic carbocycles. The molecule has 0 aromatic heterocycles. The van der Waals surface area contributed by atoms with Crippen molar-refractivity contribution in [2.45, 2.75) is 94.4 Å². The first kappa shape index (κ1) is 21.2. The fourth-order valence-electron chi connectivity index (χ4n) is 4.80. The summed E-state index contributed by atoms with van der Waals surface area (Å²) in [6, 6.07) is 0. The maximum atomic E-state index is 14.9. The van der Waals surface area contributed by atoms with Crippen LogP contribution in [0.1, 0.15) is 64.7 Å². The van der Waals surface area contributed by atoms with Gasteiger partial charge in [0.05, 0.1) is 11.2 Å². The van der Waals surface area contributed by atoms with E-state index in [1.54, 1.807) is 0 Å². The lowest BCUT2D eigenvalue weighted by molar-refractivity contribution is -0.133. The van der Waals surface area contributed by atoms with Crippen molar-refractivity contribution in [2.75, 3.05) is 0 Å². The zero-order valence-electron chi connectivity index (χ0n) is 16.2. The summed E-state index contributed by atoms with van der Waals surface area (Å²) >= 11 is 0. The van der Waals surface area contributed by atoms with E-state index in [9.17, 15) is 28.9 Å². The lowest BCUT2D eigenvalue weighted by Gasteiger charge is -2.32. The molecule has 0 aromatic rings. The number of ether oxygens (including phenoxy) is 1. The third-order valence-electron chi connectivity index (χ3n) is 6.39. The van der Waals surface area contributed by atoms with Crippen molar-refractivity contribution in [1.29, 1.82) is 0 Å². The molecular formula is C21H30F2O5. The van der Waals surface area contributed by atoms with Crippen LogP contribution in [-0.4, -0.2) is 50.9 Å². The minimum Gasteiger partial charge on any atom is -0.491 e. The van der Waals surface area contributed by atoms with E-state index >= 15 is 0 Å². The topological polar surface area (TPSA) is 87.0 Å². The van der Waals surface area contributed by atoms with Gasteiger partial charge in [-0.3, -0.25) is 0 Å². The molecule has 3 N–H and O–H groups in total. The highest BCUT2D eigenvalue weighted by atomic mass is 19.1. The zero-order chi connectivity index (χ0) is 20.5. The Morgan fingerprint density at radius 1 is 1.32 bits per heavy atom. The van der Waals surface area contributed by atoms with Crippen molar-refractivity contribution in [3.05, 3.63) is 23.5 Å². The van der Waals surface area contributed by atoms with Gasteiger partial charge in [0.2, 0.25) is 0 Å². The Morgan fingerprint density at radius 3 is 2.57 bits per heavy atom. The van der Waals surface area contributed by atoms with Gasteiger partial charge in [0.25, 0.3) is 0 Å². The number of hydrogen-bond acceptors (Lipinski definition) is 4. The highest BCUT2D eigenvalue weighted by molar-refractivity contribution is 5.87. The molecule has 0 amide bonds. The monoisotopic (exact) mass is 400 g/mol. The van der Waals surface area contributed by atoms with Crippen LogP contribution in [0.5, 0.6) is 0 Å². The second-order valence-electron chi connectivity index (χ2n) is 8.53. The molecule has 0 radical (unpaired) electrons. The molecule has 5 atom stereocenters. The number of fused-ring (bicyclic) bond motifs is 1.